The molecule has 0 aromatic carbocycles. The molecule has 4 heteroatoms. The van der Waals surface area contributed by atoms with E-state index in [0.29, 0.717) is 6.04 Å². The molecular formula is C16H27BrN2S. The zero-order valence-electron chi connectivity index (χ0n) is 12.8. The summed E-state index contributed by atoms with van der Waals surface area (Å²) in [6.07, 6.45) is 4.98. The summed E-state index contributed by atoms with van der Waals surface area (Å²) >= 11 is 5.43. The SMILES string of the molecule is CCC(N)C(c1cc(Br)cs1)N(CCC(C)C)C1CC1. The molecule has 1 aromatic heterocycles. The third-order valence-electron chi connectivity index (χ3n) is 4.09. The Hall–Kier alpha value is 0.1000. The molecule has 0 aliphatic heterocycles. The predicted octanol–water partition coefficient (Wildman–Crippen LogP) is 4.80. The smallest absolute Gasteiger partial charge is 0.0596 e. The van der Waals surface area contributed by atoms with Crippen molar-refractivity contribution in [2.45, 2.75) is 64.6 Å². The number of nitrogens with two attached hydrogens (primary N) is 1. The minimum atomic E-state index is 0.230. The first-order chi connectivity index (χ1) is 9.52. The largest absolute Gasteiger partial charge is 0.326 e. The lowest BCUT2D eigenvalue weighted by Crippen LogP contribution is -2.42. The fraction of sp³-hybridized carbons (Fsp3) is 0.750. The maximum absolute atomic E-state index is 6.48. The summed E-state index contributed by atoms with van der Waals surface area (Å²) in [5.74, 6) is 0.754. The Morgan fingerprint density at radius 3 is 2.60 bits per heavy atom. The summed E-state index contributed by atoms with van der Waals surface area (Å²) in [5, 5.41) is 2.18. The van der Waals surface area contributed by atoms with Gasteiger partial charge in [0.15, 0.2) is 0 Å². The molecule has 2 nitrogen and oxygen atoms in total. The van der Waals surface area contributed by atoms with Crippen LogP contribution in [0.3, 0.4) is 0 Å². The van der Waals surface area contributed by atoms with E-state index in [1.165, 1.54) is 35.2 Å². The molecule has 0 radical (unpaired) electrons. The second-order valence-electron chi connectivity index (χ2n) is 6.34. The molecule has 1 aliphatic rings. The van der Waals surface area contributed by atoms with Gasteiger partial charge in [-0.05, 0) is 60.1 Å². The minimum absolute atomic E-state index is 0.230. The average molecular weight is 359 g/mol. The molecule has 1 aliphatic carbocycles. The van der Waals surface area contributed by atoms with Gasteiger partial charge < -0.3 is 5.73 Å². The summed E-state index contributed by atoms with van der Waals surface area (Å²) < 4.78 is 1.19. The lowest BCUT2D eigenvalue weighted by molar-refractivity contribution is 0.154. The molecule has 1 fully saturated rings. The van der Waals surface area contributed by atoms with E-state index in [-0.39, 0.29) is 6.04 Å². The van der Waals surface area contributed by atoms with Crippen LogP contribution in [0.5, 0.6) is 0 Å². The molecule has 114 valence electrons. The van der Waals surface area contributed by atoms with E-state index < -0.39 is 0 Å². The van der Waals surface area contributed by atoms with Crippen LogP contribution in [0.4, 0.5) is 0 Å². The summed E-state index contributed by atoms with van der Waals surface area (Å²) in [4.78, 5) is 4.11. The van der Waals surface area contributed by atoms with Crippen LogP contribution in [0.15, 0.2) is 15.9 Å². The number of hydrogen-bond acceptors (Lipinski definition) is 3. The third-order valence-corrected chi connectivity index (χ3v) is 5.86. The van der Waals surface area contributed by atoms with Crippen molar-refractivity contribution >= 4 is 27.3 Å². The topological polar surface area (TPSA) is 29.3 Å². The van der Waals surface area contributed by atoms with E-state index >= 15 is 0 Å². The molecule has 20 heavy (non-hydrogen) atoms. The van der Waals surface area contributed by atoms with Gasteiger partial charge in [-0.2, -0.15) is 0 Å². The van der Waals surface area contributed by atoms with Gasteiger partial charge in [0.1, 0.15) is 0 Å². The molecule has 1 heterocycles. The fourth-order valence-electron chi connectivity index (χ4n) is 2.69. The Labute approximate surface area is 135 Å². The van der Waals surface area contributed by atoms with E-state index in [9.17, 15) is 0 Å². The van der Waals surface area contributed by atoms with Crippen molar-refractivity contribution < 1.29 is 0 Å². The normalized spacial score (nSPS) is 18.8. The molecule has 1 aromatic rings. The van der Waals surface area contributed by atoms with E-state index in [0.717, 1.165) is 18.4 Å². The standard InChI is InChI=1S/C16H27BrN2S/c1-4-14(18)16(15-9-12(17)10-20-15)19(13-5-6-13)8-7-11(2)3/h9-11,13-14,16H,4-8,18H2,1-3H3. The van der Waals surface area contributed by atoms with E-state index in [1.807, 2.05) is 11.3 Å². The summed E-state index contributed by atoms with van der Waals surface area (Å²) in [6, 6.07) is 3.64. The number of halogens is 1. The van der Waals surface area contributed by atoms with E-state index in [2.05, 4.69) is 53.0 Å². The zero-order chi connectivity index (χ0) is 14.7. The molecule has 2 atom stereocenters. The highest BCUT2D eigenvalue weighted by atomic mass is 79.9. The van der Waals surface area contributed by atoms with Crippen molar-refractivity contribution in [3.8, 4) is 0 Å². The molecule has 0 amide bonds. The highest BCUT2D eigenvalue weighted by Gasteiger charge is 2.37. The molecule has 0 spiro atoms. The van der Waals surface area contributed by atoms with Crippen molar-refractivity contribution in [3.05, 3.63) is 20.8 Å². The second kappa shape index (κ2) is 7.39. The third kappa shape index (κ3) is 4.30. The Bertz CT molecular complexity index is 414. The molecule has 2 unspecified atom stereocenters. The van der Waals surface area contributed by atoms with Gasteiger partial charge in [0.05, 0.1) is 6.04 Å². The maximum Gasteiger partial charge on any atom is 0.0596 e. The van der Waals surface area contributed by atoms with Crippen molar-refractivity contribution in [2.24, 2.45) is 11.7 Å². The number of rotatable bonds is 8. The van der Waals surface area contributed by atoms with Gasteiger partial charge in [-0.3, -0.25) is 4.90 Å². The van der Waals surface area contributed by atoms with Crippen molar-refractivity contribution in [2.75, 3.05) is 6.54 Å². The Morgan fingerprint density at radius 1 is 1.45 bits per heavy atom. The van der Waals surface area contributed by atoms with Crippen LogP contribution in [-0.4, -0.2) is 23.5 Å². The van der Waals surface area contributed by atoms with Gasteiger partial charge >= 0.3 is 0 Å². The Kier molecular flexibility index (Phi) is 6.09. The molecular weight excluding hydrogens is 332 g/mol. The van der Waals surface area contributed by atoms with Gasteiger partial charge in [0, 0.05) is 26.8 Å². The van der Waals surface area contributed by atoms with Gasteiger partial charge in [-0.25, -0.2) is 0 Å². The monoisotopic (exact) mass is 358 g/mol. The van der Waals surface area contributed by atoms with Crippen molar-refractivity contribution in [3.63, 3.8) is 0 Å². The highest BCUT2D eigenvalue weighted by molar-refractivity contribution is 9.10. The predicted molar refractivity (Wildman–Crippen MR) is 92.2 cm³/mol. The molecule has 0 saturated heterocycles. The van der Waals surface area contributed by atoms with Crippen LogP contribution >= 0.6 is 27.3 Å². The van der Waals surface area contributed by atoms with E-state index in [1.54, 1.807) is 0 Å². The number of nitrogens with zero attached hydrogens (tertiary/aromatic N) is 1. The van der Waals surface area contributed by atoms with Crippen molar-refractivity contribution in [1.29, 1.82) is 0 Å². The van der Waals surface area contributed by atoms with E-state index in [4.69, 9.17) is 5.73 Å². The molecule has 1 saturated carbocycles. The summed E-state index contributed by atoms with van der Waals surface area (Å²) in [5.41, 5.74) is 6.48. The summed E-state index contributed by atoms with van der Waals surface area (Å²) in [6.45, 7) is 7.99. The average Bonchev–Trinajstić information content (AvgIpc) is 3.16. The van der Waals surface area contributed by atoms with Gasteiger partial charge in [-0.15, -0.1) is 11.3 Å². The lowest BCUT2D eigenvalue weighted by Gasteiger charge is -2.35. The van der Waals surface area contributed by atoms with Gasteiger partial charge in [0.25, 0.3) is 0 Å². The lowest BCUT2D eigenvalue weighted by atomic mass is 10.0. The maximum atomic E-state index is 6.48. The van der Waals surface area contributed by atoms with Crippen molar-refractivity contribution in [1.82, 2.24) is 4.90 Å². The fourth-order valence-corrected chi connectivity index (χ4v) is 4.33. The molecule has 2 N–H and O–H groups in total. The quantitative estimate of drug-likeness (QED) is 0.722. The van der Waals surface area contributed by atoms with Crippen LogP contribution in [0, 0.1) is 5.92 Å². The highest BCUT2D eigenvalue weighted by Crippen LogP contribution is 2.39. The molecule has 2 rings (SSSR count). The van der Waals surface area contributed by atoms with Crippen LogP contribution in [0.1, 0.15) is 57.4 Å². The number of thiophene rings is 1. The zero-order valence-corrected chi connectivity index (χ0v) is 15.2. The van der Waals surface area contributed by atoms with Gasteiger partial charge in [0.2, 0.25) is 0 Å². The van der Waals surface area contributed by atoms with Crippen LogP contribution in [-0.2, 0) is 0 Å². The first-order valence-electron chi connectivity index (χ1n) is 7.78. The van der Waals surface area contributed by atoms with Crippen LogP contribution in [0.2, 0.25) is 0 Å². The Balaban J connectivity index is 2.18. The molecule has 0 bridgehead atoms. The summed E-state index contributed by atoms with van der Waals surface area (Å²) in [7, 11) is 0. The second-order valence-corrected chi connectivity index (χ2v) is 8.19. The van der Waals surface area contributed by atoms with Gasteiger partial charge in [-0.1, -0.05) is 20.8 Å². The first kappa shape index (κ1) is 16.5. The van der Waals surface area contributed by atoms with Crippen LogP contribution in [0.25, 0.3) is 0 Å². The number of hydrogen-bond donors (Lipinski definition) is 1. The Morgan fingerprint density at radius 2 is 2.15 bits per heavy atom. The first-order valence-corrected chi connectivity index (χ1v) is 9.45. The van der Waals surface area contributed by atoms with Crippen LogP contribution < -0.4 is 5.73 Å². The minimum Gasteiger partial charge on any atom is -0.326 e.